The van der Waals surface area contributed by atoms with Gasteiger partial charge in [0, 0.05) is 86.3 Å². The molecule has 6 heterocycles. The maximum atomic E-state index is 13.5. The third-order valence-corrected chi connectivity index (χ3v) is 13.1. The summed E-state index contributed by atoms with van der Waals surface area (Å²) >= 11 is 0. The number of hydrogen-bond donors (Lipinski definition) is 1. The molecule has 2 saturated heterocycles. The van der Waals surface area contributed by atoms with E-state index < -0.39 is 5.97 Å². The molecule has 16 nitrogen and oxygen atoms in total. The number of halogens is 2. The van der Waals surface area contributed by atoms with Gasteiger partial charge in [-0.25, -0.2) is 28.7 Å². The second kappa shape index (κ2) is 27.1. The van der Waals surface area contributed by atoms with Gasteiger partial charge in [0.25, 0.3) is 0 Å². The summed E-state index contributed by atoms with van der Waals surface area (Å²) in [5.74, 6) is 2.19. The molecule has 0 bridgehead atoms. The summed E-state index contributed by atoms with van der Waals surface area (Å²) in [7, 11) is 3.59. The van der Waals surface area contributed by atoms with E-state index in [9.17, 15) is 23.5 Å². The molecule has 74 heavy (non-hydrogen) atoms. The smallest absolute Gasteiger partial charge is 0.548 e. The topological polar surface area (TPSA) is 192 Å². The Morgan fingerprint density at radius 3 is 1.58 bits per heavy atom. The number of carbonyl (C=O) groups excluding carboxylic acids is 2. The van der Waals surface area contributed by atoms with Gasteiger partial charge in [-0.1, -0.05) is 18.2 Å². The predicted molar refractivity (Wildman–Crippen MR) is 274 cm³/mol. The minimum atomic E-state index is -1.13. The number of pyridine rings is 2. The molecule has 0 unspecified atom stereocenters. The van der Waals surface area contributed by atoms with E-state index in [4.69, 9.17) is 30.2 Å². The normalized spacial score (nSPS) is 14.6. The number of likely N-dealkylation sites (tertiary alicyclic amines) is 2. The number of carbonyl (C=O) groups is 2. The fourth-order valence-corrected chi connectivity index (χ4v) is 9.58. The van der Waals surface area contributed by atoms with Gasteiger partial charge in [0.1, 0.15) is 59.4 Å². The Balaban J connectivity index is 0.000000188. The van der Waals surface area contributed by atoms with Crippen molar-refractivity contribution in [1.29, 1.82) is 0 Å². The largest absolute Gasteiger partial charge is 1.00 e. The summed E-state index contributed by atoms with van der Waals surface area (Å²) in [6.07, 6.45) is 14.2. The van der Waals surface area contributed by atoms with Crippen LogP contribution in [0.5, 0.6) is 11.5 Å². The Kier molecular flexibility index (Phi) is 20.2. The summed E-state index contributed by atoms with van der Waals surface area (Å²) < 4.78 is 37.5. The number of likely N-dealkylation sites (N-methyl/N-ethyl adjacent to an activating group) is 2. The van der Waals surface area contributed by atoms with Crippen LogP contribution in [0.15, 0.2) is 85.2 Å². The van der Waals surface area contributed by atoms with E-state index in [1.165, 1.54) is 49.9 Å². The number of aryl methyl sites for hydroxylation is 2. The first-order valence-electron chi connectivity index (χ1n) is 25.3. The van der Waals surface area contributed by atoms with Gasteiger partial charge in [-0.15, -0.1) is 0 Å². The van der Waals surface area contributed by atoms with Gasteiger partial charge in [-0.3, -0.25) is 24.6 Å². The van der Waals surface area contributed by atoms with Crippen molar-refractivity contribution in [3.05, 3.63) is 125 Å². The van der Waals surface area contributed by atoms with Gasteiger partial charge in [0.15, 0.2) is 17.4 Å². The standard InChI is InChI=1S/C28H32FN5O2.C21H27N5O3.C6H6FN.Li/c1-33(19-22(35)17-20-6-4-7-21(29)16-20)28-24-8-5-9-25(24)31-27(32-28)26-18-23(10-11-30-26)36-15-14-34-12-2-3-13-34;1-25(14-19(27)28)21-16-5-4-6-17(16)23-20(24-21)18-13-15(7-8-22-18)29-12-11-26-9-2-3-10-26;7-5-2-1-3-6(8)4-5;/h4,6-7,10-11,16,18H,2-3,5,8-9,12-15,17,19H2,1H3;7-8,13H,2-6,9-12,14H2,1H3,(H,27,28);1-4H,8H2;/q;;;+1/p-1. The van der Waals surface area contributed by atoms with E-state index >= 15 is 0 Å². The van der Waals surface area contributed by atoms with Crippen molar-refractivity contribution in [2.45, 2.75) is 70.6 Å². The van der Waals surface area contributed by atoms with Gasteiger partial charge in [0.05, 0.1) is 19.1 Å². The SMILES string of the molecule is CN(CC(=O)Cc1cccc(F)c1)c1nc(-c2cc(OCCN3CCCC3)ccn2)nc2c1CCC2.CN(CC(=O)[O-])c1nc(-c2cc(OCCN3CCCC3)ccn2)nc2c1CCC2.Nc1cccc(F)c1.[Li+]. The number of nitrogens with two attached hydrogens (primary N) is 1. The zero-order chi connectivity index (χ0) is 51.1. The van der Waals surface area contributed by atoms with Crippen LogP contribution >= 0.6 is 0 Å². The van der Waals surface area contributed by atoms with Crippen molar-refractivity contribution >= 4 is 29.1 Å². The number of fused-ring (bicyclic) bond motifs is 2. The maximum Gasteiger partial charge on any atom is 1.00 e. The summed E-state index contributed by atoms with van der Waals surface area (Å²) in [4.78, 5) is 60.1. The molecular formula is C55H64F2LiN11O5. The molecule has 0 atom stereocenters. The van der Waals surface area contributed by atoms with Gasteiger partial charge in [0.2, 0.25) is 0 Å². The number of carboxylic acids is 1. The van der Waals surface area contributed by atoms with Crippen molar-refractivity contribution in [3.63, 3.8) is 0 Å². The van der Waals surface area contributed by atoms with Crippen LogP contribution in [0.25, 0.3) is 23.0 Å². The van der Waals surface area contributed by atoms with E-state index in [0.717, 1.165) is 118 Å². The van der Waals surface area contributed by atoms with E-state index in [1.54, 1.807) is 48.6 Å². The van der Waals surface area contributed by atoms with Crippen LogP contribution in [0, 0.1) is 11.6 Å². The molecule has 384 valence electrons. The Bertz CT molecular complexity index is 2820. The molecule has 0 saturated carbocycles. The van der Waals surface area contributed by atoms with Crippen molar-refractivity contribution in [2.24, 2.45) is 0 Å². The van der Waals surface area contributed by atoms with Crippen molar-refractivity contribution < 1.29 is 51.8 Å². The first-order chi connectivity index (χ1) is 35.4. The number of rotatable bonds is 18. The number of ether oxygens (including phenoxy) is 2. The average molecular weight is 1000 g/mol. The number of hydrogen-bond acceptors (Lipinski definition) is 16. The van der Waals surface area contributed by atoms with E-state index in [1.807, 2.05) is 36.2 Å². The van der Waals surface area contributed by atoms with Crippen LogP contribution in [0.1, 0.15) is 66.6 Å². The van der Waals surface area contributed by atoms with Crippen molar-refractivity contribution in [2.75, 3.05) is 95.2 Å². The molecule has 0 spiro atoms. The molecule has 4 aliphatic rings. The summed E-state index contributed by atoms with van der Waals surface area (Å²) in [5, 5.41) is 11.0. The first-order valence-corrected chi connectivity index (χ1v) is 25.3. The van der Waals surface area contributed by atoms with Gasteiger partial charge in [-0.2, -0.15) is 0 Å². The zero-order valence-corrected chi connectivity index (χ0v) is 42.8. The fraction of sp³-hybridized carbons (Fsp3) is 0.418. The predicted octanol–water partition coefficient (Wildman–Crippen LogP) is 2.99. The molecular weight excluding hydrogens is 940 g/mol. The molecule has 0 radical (unpaired) electrons. The molecule has 0 amide bonds. The second-order valence-electron chi connectivity index (χ2n) is 18.8. The third-order valence-electron chi connectivity index (χ3n) is 13.1. The Hall–Kier alpha value is -6.58. The fourth-order valence-electron chi connectivity index (χ4n) is 9.58. The Morgan fingerprint density at radius 2 is 1.12 bits per heavy atom. The molecule has 2 aliphatic carbocycles. The molecule has 4 aromatic heterocycles. The number of benzene rings is 2. The summed E-state index contributed by atoms with van der Waals surface area (Å²) in [6.45, 7) is 7.68. The van der Waals surface area contributed by atoms with Crippen LogP contribution in [-0.2, 0) is 41.7 Å². The van der Waals surface area contributed by atoms with Gasteiger partial charge >= 0.3 is 18.9 Å². The summed E-state index contributed by atoms with van der Waals surface area (Å²) in [6, 6.07) is 19.5. The number of ketones is 1. The third kappa shape index (κ3) is 15.7. The van der Waals surface area contributed by atoms with Crippen molar-refractivity contribution in [1.82, 2.24) is 39.7 Å². The zero-order valence-electron chi connectivity index (χ0n) is 42.8. The van der Waals surface area contributed by atoms with Gasteiger partial charge in [-0.05, 0) is 138 Å². The quantitative estimate of drug-likeness (QED) is 0.0976. The number of nitrogen functional groups attached to an aromatic ring is 1. The number of nitrogens with zero attached hydrogens (tertiary/aromatic N) is 10. The molecule has 6 aromatic rings. The molecule has 2 aliphatic heterocycles. The minimum absolute atomic E-state index is 0. The van der Waals surface area contributed by atoms with Crippen LogP contribution in [0.3, 0.4) is 0 Å². The minimum Gasteiger partial charge on any atom is -0.548 e. The Morgan fingerprint density at radius 1 is 0.635 bits per heavy atom. The molecule has 2 aromatic carbocycles. The van der Waals surface area contributed by atoms with E-state index in [2.05, 4.69) is 24.8 Å². The molecule has 2 N–H and O–H groups in total. The van der Waals surface area contributed by atoms with Crippen LogP contribution in [-0.4, -0.2) is 131 Å². The number of Topliss-reactive ketones (excluding diaryl/α,β-unsaturated/α-hetero) is 1. The average Bonchev–Trinajstić information content (AvgIpc) is 4.24. The molecule has 10 rings (SSSR count). The maximum absolute atomic E-state index is 13.5. The van der Waals surface area contributed by atoms with Crippen molar-refractivity contribution in [3.8, 4) is 34.5 Å². The number of carboxylic acid groups (broad SMARTS) is 1. The second-order valence-corrected chi connectivity index (χ2v) is 18.8. The monoisotopic (exact) mass is 1000 g/mol. The number of anilines is 3. The first kappa shape index (κ1) is 55.2. The molecule has 2 fully saturated rings. The molecule has 19 heteroatoms. The van der Waals surface area contributed by atoms with E-state index in [0.29, 0.717) is 53.3 Å². The van der Waals surface area contributed by atoms with Crippen LogP contribution < -0.4 is 49.0 Å². The number of aromatic nitrogens is 6. The van der Waals surface area contributed by atoms with Crippen LogP contribution in [0.4, 0.5) is 26.1 Å². The number of aliphatic carboxylic acids is 1. The van der Waals surface area contributed by atoms with E-state index in [-0.39, 0.29) is 55.8 Å². The van der Waals surface area contributed by atoms with Crippen LogP contribution in [0.2, 0.25) is 0 Å². The van der Waals surface area contributed by atoms with Gasteiger partial charge < -0.3 is 34.9 Å². The Labute approximate surface area is 443 Å². The summed E-state index contributed by atoms with van der Waals surface area (Å²) in [5.41, 5.74) is 11.7.